The molecular weight excluding hydrogens is 384 g/mol. The van der Waals surface area contributed by atoms with Gasteiger partial charge in [0.2, 0.25) is 0 Å². The molecule has 0 radical (unpaired) electrons. The van der Waals surface area contributed by atoms with Gasteiger partial charge in [0, 0.05) is 18.7 Å². The number of carbonyl (C=O) groups is 1. The quantitative estimate of drug-likeness (QED) is 0.394. The molecule has 0 unspecified atom stereocenters. The third kappa shape index (κ3) is 7.26. The predicted molar refractivity (Wildman–Crippen MR) is 126 cm³/mol. The SMILES string of the molecule is Cc1cc(CCNCc2ccccc2C(=O)NCCCCc2ccccc2)ccc1O. The molecule has 0 aliphatic heterocycles. The number of hydrogen-bond donors (Lipinski definition) is 3. The minimum atomic E-state index is -0.00808. The summed E-state index contributed by atoms with van der Waals surface area (Å²) in [6.07, 6.45) is 3.94. The number of amides is 1. The van der Waals surface area contributed by atoms with Crippen LogP contribution in [0.5, 0.6) is 5.75 Å². The minimum absolute atomic E-state index is 0.00808. The zero-order valence-corrected chi connectivity index (χ0v) is 18.2. The fraction of sp³-hybridized carbons (Fsp3) is 0.296. The van der Waals surface area contributed by atoms with Gasteiger partial charge in [0.25, 0.3) is 5.91 Å². The monoisotopic (exact) mass is 416 g/mol. The van der Waals surface area contributed by atoms with Crippen LogP contribution in [0.4, 0.5) is 0 Å². The molecule has 0 aliphatic rings. The second-order valence-corrected chi connectivity index (χ2v) is 7.90. The highest BCUT2D eigenvalue weighted by atomic mass is 16.3. The van der Waals surface area contributed by atoms with Crippen LogP contribution >= 0.6 is 0 Å². The molecule has 1 amide bonds. The summed E-state index contributed by atoms with van der Waals surface area (Å²) in [6, 6.07) is 23.9. The first-order chi connectivity index (χ1) is 15.1. The van der Waals surface area contributed by atoms with Crippen molar-refractivity contribution < 1.29 is 9.90 Å². The van der Waals surface area contributed by atoms with E-state index in [1.165, 1.54) is 11.1 Å². The highest BCUT2D eigenvalue weighted by Crippen LogP contribution is 2.17. The Balaban J connectivity index is 1.41. The Kier molecular flexibility index (Phi) is 8.68. The van der Waals surface area contributed by atoms with Crippen molar-refractivity contribution in [2.75, 3.05) is 13.1 Å². The number of phenolic OH excluding ortho intramolecular Hbond substituents is 1. The van der Waals surface area contributed by atoms with E-state index in [1.807, 2.05) is 49.4 Å². The maximum Gasteiger partial charge on any atom is 0.251 e. The molecule has 0 bridgehead atoms. The van der Waals surface area contributed by atoms with E-state index in [4.69, 9.17) is 0 Å². The average molecular weight is 417 g/mol. The summed E-state index contributed by atoms with van der Waals surface area (Å²) in [5.41, 5.74) is 5.16. The van der Waals surface area contributed by atoms with Crippen LogP contribution in [0.2, 0.25) is 0 Å². The van der Waals surface area contributed by atoms with Crippen molar-refractivity contribution in [1.82, 2.24) is 10.6 Å². The van der Waals surface area contributed by atoms with Crippen molar-refractivity contribution in [2.24, 2.45) is 0 Å². The van der Waals surface area contributed by atoms with Crippen LogP contribution in [0.15, 0.2) is 72.8 Å². The molecule has 4 nitrogen and oxygen atoms in total. The van der Waals surface area contributed by atoms with Crippen molar-refractivity contribution in [3.63, 3.8) is 0 Å². The van der Waals surface area contributed by atoms with Gasteiger partial charge in [-0.1, -0.05) is 60.7 Å². The molecule has 0 heterocycles. The Bertz CT molecular complexity index is 970. The van der Waals surface area contributed by atoms with Crippen LogP contribution in [0.25, 0.3) is 0 Å². The number of benzene rings is 3. The summed E-state index contributed by atoms with van der Waals surface area (Å²) in [5, 5.41) is 16.1. The molecule has 3 aromatic rings. The first-order valence-corrected chi connectivity index (χ1v) is 11.0. The molecule has 0 saturated carbocycles. The summed E-state index contributed by atoms with van der Waals surface area (Å²) in [5.74, 6) is 0.322. The van der Waals surface area contributed by atoms with Crippen molar-refractivity contribution in [3.05, 3.63) is 101 Å². The van der Waals surface area contributed by atoms with E-state index >= 15 is 0 Å². The fourth-order valence-electron chi connectivity index (χ4n) is 3.62. The van der Waals surface area contributed by atoms with E-state index in [-0.39, 0.29) is 5.91 Å². The van der Waals surface area contributed by atoms with Gasteiger partial charge < -0.3 is 15.7 Å². The summed E-state index contributed by atoms with van der Waals surface area (Å²) < 4.78 is 0. The van der Waals surface area contributed by atoms with Gasteiger partial charge in [-0.2, -0.15) is 0 Å². The third-order valence-corrected chi connectivity index (χ3v) is 5.45. The molecule has 0 aromatic heterocycles. The van der Waals surface area contributed by atoms with E-state index in [1.54, 1.807) is 6.07 Å². The Morgan fingerprint density at radius 2 is 1.61 bits per heavy atom. The fourth-order valence-corrected chi connectivity index (χ4v) is 3.62. The normalized spacial score (nSPS) is 10.7. The first-order valence-electron chi connectivity index (χ1n) is 11.0. The largest absolute Gasteiger partial charge is 0.508 e. The maximum atomic E-state index is 12.7. The van der Waals surface area contributed by atoms with E-state index in [9.17, 15) is 9.90 Å². The topological polar surface area (TPSA) is 61.4 Å². The molecule has 4 heteroatoms. The van der Waals surface area contributed by atoms with Crippen molar-refractivity contribution >= 4 is 5.91 Å². The van der Waals surface area contributed by atoms with Crippen LogP contribution in [0, 0.1) is 6.92 Å². The Morgan fingerprint density at radius 3 is 2.42 bits per heavy atom. The van der Waals surface area contributed by atoms with Gasteiger partial charge in [-0.25, -0.2) is 0 Å². The van der Waals surface area contributed by atoms with Gasteiger partial charge in [-0.3, -0.25) is 4.79 Å². The predicted octanol–water partition coefficient (Wildman–Crippen LogP) is 4.79. The van der Waals surface area contributed by atoms with Gasteiger partial charge >= 0.3 is 0 Å². The smallest absolute Gasteiger partial charge is 0.251 e. The molecule has 0 atom stereocenters. The maximum absolute atomic E-state index is 12.7. The lowest BCUT2D eigenvalue weighted by atomic mass is 10.1. The first kappa shape index (κ1) is 22.6. The zero-order valence-electron chi connectivity index (χ0n) is 18.2. The highest BCUT2D eigenvalue weighted by Gasteiger charge is 2.10. The highest BCUT2D eigenvalue weighted by molar-refractivity contribution is 5.95. The molecule has 3 N–H and O–H groups in total. The summed E-state index contributed by atoms with van der Waals surface area (Å²) in [7, 11) is 0. The second-order valence-electron chi connectivity index (χ2n) is 7.90. The number of carbonyl (C=O) groups excluding carboxylic acids is 1. The number of hydrogen-bond acceptors (Lipinski definition) is 3. The zero-order chi connectivity index (χ0) is 21.9. The number of aromatic hydroxyl groups is 1. The van der Waals surface area contributed by atoms with Gasteiger partial charge in [0.05, 0.1) is 0 Å². The van der Waals surface area contributed by atoms with Gasteiger partial charge in [0.15, 0.2) is 0 Å². The Hall–Kier alpha value is -3.11. The number of nitrogens with one attached hydrogen (secondary N) is 2. The molecule has 0 aliphatic carbocycles. The van der Waals surface area contributed by atoms with Gasteiger partial charge in [-0.05, 0) is 73.5 Å². The molecule has 162 valence electrons. The molecule has 0 fully saturated rings. The number of phenols is 1. The standard InChI is InChI=1S/C27H32N2O2/c1-21-19-23(14-15-26(21)30)16-18-28-20-24-12-5-6-13-25(24)27(31)29-17-8-7-11-22-9-3-2-4-10-22/h2-6,9-10,12-15,19,28,30H,7-8,11,16-18,20H2,1H3,(H,29,31). The van der Waals surface area contributed by atoms with Crippen LogP contribution in [0.1, 0.15) is 45.5 Å². The molecule has 0 spiro atoms. The van der Waals surface area contributed by atoms with Crippen LogP contribution in [0.3, 0.4) is 0 Å². The molecular formula is C27H32N2O2. The average Bonchev–Trinajstić information content (AvgIpc) is 2.79. The number of rotatable bonds is 11. The lowest BCUT2D eigenvalue weighted by Crippen LogP contribution is -2.27. The van der Waals surface area contributed by atoms with Crippen LogP contribution < -0.4 is 10.6 Å². The Morgan fingerprint density at radius 1 is 0.839 bits per heavy atom. The number of aryl methyl sites for hydroxylation is 2. The lowest BCUT2D eigenvalue weighted by Gasteiger charge is -2.12. The molecule has 3 aromatic carbocycles. The van der Waals surface area contributed by atoms with E-state index in [0.717, 1.165) is 48.9 Å². The van der Waals surface area contributed by atoms with Crippen molar-refractivity contribution in [1.29, 1.82) is 0 Å². The molecule has 0 saturated heterocycles. The summed E-state index contributed by atoms with van der Waals surface area (Å²) >= 11 is 0. The van der Waals surface area contributed by atoms with E-state index < -0.39 is 0 Å². The molecule has 3 rings (SSSR count). The third-order valence-electron chi connectivity index (χ3n) is 5.45. The number of unbranched alkanes of at least 4 members (excludes halogenated alkanes) is 1. The van der Waals surface area contributed by atoms with E-state index in [2.05, 4.69) is 34.9 Å². The molecule has 31 heavy (non-hydrogen) atoms. The summed E-state index contributed by atoms with van der Waals surface area (Å²) in [6.45, 7) is 4.05. The van der Waals surface area contributed by atoms with Crippen LogP contribution in [-0.2, 0) is 19.4 Å². The second kappa shape index (κ2) is 11.9. The van der Waals surface area contributed by atoms with Crippen molar-refractivity contribution in [2.45, 2.75) is 39.2 Å². The minimum Gasteiger partial charge on any atom is -0.508 e. The Labute approximate surface area is 185 Å². The summed E-state index contributed by atoms with van der Waals surface area (Å²) in [4.78, 5) is 12.7. The van der Waals surface area contributed by atoms with Gasteiger partial charge in [0.1, 0.15) is 5.75 Å². The lowest BCUT2D eigenvalue weighted by molar-refractivity contribution is 0.0952. The van der Waals surface area contributed by atoms with Crippen LogP contribution in [-0.4, -0.2) is 24.1 Å². The van der Waals surface area contributed by atoms with Crippen molar-refractivity contribution in [3.8, 4) is 5.75 Å². The van der Waals surface area contributed by atoms with E-state index in [0.29, 0.717) is 18.8 Å². The van der Waals surface area contributed by atoms with Gasteiger partial charge in [-0.15, -0.1) is 0 Å².